The van der Waals surface area contributed by atoms with E-state index in [-0.39, 0.29) is 17.4 Å². The Morgan fingerprint density at radius 1 is 1.27 bits per heavy atom. The van der Waals surface area contributed by atoms with Gasteiger partial charge >= 0.3 is 11.9 Å². The highest BCUT2D eigenvalue weighted by Crippen LogP contribution is 2.37. The third-order valence-electron chi connectivity index (χ3n) is 3.83. The Kier molecular flexibility index (Phi) is 3.28. The van der Waals surface area contributed by atoms with Crippen LogP contribution >= 0.6 is 0 Å². The molecular formula is C14H14N4O4. The van der Waals surface area contributed by atoms with Gasteiger partial charge in [-0.25, -0.2) is 14.3 Å². The minimum absolute atomic E-state index is 0.0162. The second-order valence-corrected chi connectivity index (χ2v) is 5.19. The lowest BCUT2D eigenvalue weighted by molar-refractivity contribution is -0.141. The van der Waals surface area contributed by atoms with E-state index in [4.69, 9.17) is 10.8 Å². The third kappa shape index (κ3) is 2.28. The quantitative estimate of drug-likeness (QED) is 0.773. The van der Waals surface area contributed by atoms with Gasteiger partial charge in [-0.2, -0.15) is 4.98 Å². The molecule has 0 saturated carbocycles. The van der Waals surface area contributed by atoms with Crippen LogP contribution in [0.1, 0.15) is 46.5 Å². The summed E-state index contributed by atoms with van der Waals surface area (Å²) in [5, 5.41) is 22.3. The number of carboxylic acids is 2. The highest BCUT2D eigenvalue weighted by atomic mass is 16.4. The van der Waals surface area contributed by atoms with Crippen LogP contribution in [0.5, 0.6) is 0 Å². The molecule has 0 spiro atoms. The van der Waals surface area contributed by atoms with Crippen molar-refractivity contribution in [2.45, 2.75) is 24.8 Å². The fraction of sp³-hybridized carbons (Fsp3) is 0.286. The lowest BCUT2D eigenvalue weighted by atomic mass is 9.88. The van der Waals surface area contributed by atoms with Crippen LogP contribution in [-0.2, 0) is 4.79 Å². The first kappa shape index (κ1) is 14.1. The lowest BCUT2D eigenvalue weighted by Gasteiger charge is -2.27. The molecule has 1 aromatic carbocycles. The SMILES string of the molecule is Nc1nc2n(n1)C(C(=O)O)CCC2c1cccc(C(=O)O)c1. The van der Waals surface area contributed by atoms with Crippen LogP contribution in [0.2, 0.25) is 0 Å². The number of aromatic carboxylic acids is 1. The highest BCUT2D eigenvalue weighted by molar-refractivity contribution is 5.87. The van der Waals surface area contributed by atoms with Gasteiger partial charge in [0, 0.05) is 5.92 Å². The Balaban J connectivity index is 2.05. The van der Waals surface area contributed by atoms with E-state index in [1.807, 2.05) is 0 Å². The number of carbonyl (C=O) groups is 2. The molecule has 1 aliphatic heterocycles. The maximum Gasteiger partial charge on any atom is 0.335 e. The van der Waals surface area contributed by atoms with Crippen LogP contribution < -0.4 is 5.73 Å². The summed E-state index contributed by atoms with van der Waals surface area (Å²) in [4.78, 5) is 26.5. The summed E-state index contributed by atoms with van der Waals surface area (Å²) in [7, 11) is 0. The Labute approximate surface area is 125 Å². The fourth-order valence-corrected chi connectivity index (χ4v) is 2.83. The van der Waals surface area contributed by atoms with Gasteiger partial charge in [-0.3, -0.25) is 0 Å². The van der Waals surface area contributed by atoms with Gasteiger partial charge in [0.2, 0.25) is 5.95 Å². The second kappa shape index (κ2) is 5.14. The number of nitrogen functional groups attached to an aromatic ring is 1. The number of nitrogens with two attached hydrogens (primary N) is 1. The van der Waals surface area contributed by atoms with E-state index < -0.39 is 18.0 Å². The maximum atomic E-state index is 11.3. The van der Waals surface area contributed by atoms with Crippen molar-refractivity contribution in [2.24, 2.45) is 0 Å². The summed E-state index contributed by atoms with van der Waals surface area (Å²) in [6.07, 6.45) is 0.922. The number of hydrogen-bond donors (Lipinski definition) is 3. The van der Waals surface area contributed by atoms with E-state index in [1.165, 1.54) is 10.7 Å². The molecule has 0 saturated heterocycles. The number of aliphatic carboxylic acids is 1. The molecule has 2 heterocycles. The largest absolute Gasteiger partial charge is 0.480 e. The summed E-state index contributed by atoms with van der Waals surface area (Å²) in [6, 6.07) is 5.75. The summed E-state index contributed by atoms with van der Waals surface area (Å²) in [5.74, 6) is -1.74. The number of benzene rings is 1. The number of hydrogen-bond acceptors (Lipinski definition) is 5. The summed E-state index contributed by atoms with van der Waals surface area (Å²) >= 11 is 0. The molecule has 0 aliphatic carbocycles. The molecule has 2 unspecified atom stereocenters. The maximum absolute atomic E-state index is 11.3. The van der Waals surface area contributed by atoms with Crippen molar-refractivity contribution in [1.82, 2.24) is 14.8 Å². The molecule has 22 heavy (non-hydrogen) atoms. The predicted molar refractivity (Wildman–Crippen MR) is 75.6 cm³/mol. The second-order valence-electron chi connectivity index (χ2n) is 5.19. The standard InChI is InChI=1S/C14H14N4O4/c15-14-16-11-9(4-5-10(13(21)22)18(11)17-14)7-2-1-3-8(6-7)12(19)20/h1-3,6,9-10H,4-5H2,(H2,15,17)(H,19,20)(H,21,22). The van der Waals surface area contributed by atoms with Gasteiger partial charge in [-0.1, -0.05) is 12.1 Å². The smallest absolute Gasteiger partial charge is 0.335 e. The molecule has 2 aromatic rings. The minimum Gasteiger partial charge on any atom is -0.480 e. The van der Waals surface area contributed by atoms with Gasteiger partial charge in [0.25, 0.3) is 0 Å². The van der Waals surface area contributed by atoms with E-state index in [9.17, 15) is 14.7 Å². The van der Waals surface area contributed by atoms with Crippen molar-refractivity contribution >= 4 is 17.9 Å². The zero-order valence-electron chi connectivity index (χ0n) is 11.5. The average Bonchev–Trinajstić information content (AvgIpc) is 2.87. The predicted octanol–water partition coefficient (Wildman–Crippen LogP) is 1.11. The van der Waals surface area contributed by atoms with E-state index in [1.54, 1.807) is 18.2 Å². The Bertz CT molecular complexity index is 755. The van der Waals surface area contributed by atoms with Gasteiger partial charge in [0.1, 0.15) is 5.82 Å². The summed E-state index contributed by atoms with van der Waals surface area (Å²) < 4.78 is 1.33. The number of nitrogens with zero attached hydrogens (tertiary/aromatic N) is 3. The molecule has 1 aliphatic rings. The number of carboxylic acid groups (broad SMARTS) is 2. The van der Waals surface area contributed by atoms with E-state index >= 15 is 0 Å². The topological polar surface area (TPSA) is 131 Å². The van der Waals surface area contributed by atoms with Crippen molar-refractivity contribution in [3.8, 4) is 0 Å². The molecule has 114 valence electrons. The minimum atomic E-state index is -1.01. The molecule has 0 bridgehead atoms. The Morgan fingerprint density at radius 2 is 2.05 bits per heavy atom. The molecule has 2 atom stereocenters. The zero-order chi connectivity index (χ0) is 15.9. The monoisotopic (exact) mass is 302 g/mol. The van der Waals surface area contributed by atoms with Gasteiger partial charge in [0.15, 0.2) is 6.04 Å². The van der Waals surface area contributed by atoms with Crippen molar-refractivity contribution < 1.29 is 19.8 Å². The van der Waals surface area contributed by atoms with Gasteiger partial charge in [0.05, 0.1) is 5.56 Å². The molecule has 0 radical (unpaired) electrons. The van der Waals surface area contributed by atoms with Crippen LogP contribution in [-0.4, -0.2) is 36.9 Å². The first-order valence-electron chi connectivity index (χ1n) is 6.75. The van der Waals surface area contributed by atoms with E-state index in [0.29, 0.717) is 18.7 Å². The molecule has 3 rings (SSSR count). The molecule has 8 heteroatoms. The van der Waals surface area contributed by atoms with Crippen LogP contribution in [0.3, 0.4) is 0 Å². The summed E-state index contributed by atoms with van der Waals surface area (Å²) in [6.45, 7) is 0. The molecular weight excluding hydrogens is 288 g/mol. The molecule has 4 N–H and O–H groups in total. The Morgan fingerprint density at radius 3 is 2.73 bits per heavy atom. The van der Waals surface area contributed by atoms with Crippen LogP contribution in [0, 0.1) is 0 Å². The van der Waals surface area contributed by atoms with Crippen molar-refractivity contribution in [3.63, 3.8) is 0 Å². The zero-order valence-corrected chi connectivity index (χ0v) is 11.5. The van der Waals surface area contributed by atoms with Gasteiger partial charge in [-0.15, -0.1) is 5.10 Å². The summed E-state index contributed by atoms with van der Waals surface area (Å²) in [5.41, 5.74) is 6.55. The number of anilines is 1. The van der Waals surface area contributed by atoms with Crippen molar-refractivity contribution in [1.29, 1.82) is 0 Å². The molecule has 0 fully saturated rings. The van der Waals surface area contributed by atoms with Gasteiger partial charge in [-0.05, 0) is 30.5 Å². The number of aromatic nitrogens is 3. The first-order chi connectivity index (χ1) is 10.5. The normalized spacial score (nSPS) is 20.4. The lowest BCUT2D eigenvalue weighted by Crippen LogP contribution is -2.28. The van der Waals surface area contributed by atoms with E-state index in [0.717, 1.165) is 5.56 Å². The molecule has 1 aromatic heterocycles. The van der Waals surface area contributed by atoms with Gasteiger partial charge < -0.3 is 15.9 Å². The van der Waals surface area contributed by atoms with Crippen LogP contribution in [0.25, 0.3) is 0 Å². The van der Waals surface area contributed by atoms with Crippen LogP contribution in [0.15, 0.2) is 24.3 Å². The van der Waals surface area contributed by atoms with Crippen molar-refractivity contribution in [3.05, 3.63) is 41.2 Å². The Hall–Kier alpha value is -2.90. The number of rotatable bonds is 3. The van der Waals surface area contributed by atoms with E-state index in [2.05, 4.69) is 10.1 Å². The highest BCUT2D eigenvalue weighted by Gasteiger charge is 2.35. The molecule has 0 amide bonds. The molecule has 8 nitrogen and oxygen atoms in total. The number of fused-ring (bicyclic) bond motifs is 1. The first-order valence-corrected chi connectivity index (χ1v) is 6.75. The van der Waals surface area contributed by atoms with Crippen LogP contribution in [0.4, 0.5) is 5.95 Å². The van der Waals surface area contributed by atoms with Crippen molar-refractivity contribution in [2.75, 3.05) is 5.73 Å². The third-order valence-corrected chi connectivity index (χ3v) is 3.83. The average molecular weight is 302 g/mol. The fourth-order valence-electron chi connectivity index (χ4n) is 2.83.